The Balaban J connectivity index is 2.67. The molecule has 2 unspecified atom stereocenters. The highest BCUT2D eigenvalue weighted by atomic mass is 35.5. The zero-order valence-corrected chi connectivity index (χ0v) is 10.7. The number of hydrogen-bond acceptors (Lipinski definition) is 2. The third-order valence-electron chi connectivity index (χ3n) is 2.53. The maximum atomic E-state index is 5.95. The van der Waals surface area contributed by atoms with Gasteiger partial charge < -0.3 is 10.5 Å². The third kappa shape index (κ3) is 4.12. The SMILES string of the molecule is CCCC(C)OC(CN)c1cccc(Cl)c1. The highest BCUT2D eigenvalue weighted by Gasteiger charge is 2.13. The first-order chi connectivity index (χ1) is 7.67. The molecular weight excluding hydrogens is 222 g/mol. The lowest BCUT2D eigenvalue weighted by molar-refractivity contribution is -0.00282. The Hall–Kier alpha value is -0.570. The van der Waals surface area contributed by atoms with Gasteiger partial charge in [-0.3, -0.25) is 0 Å². The van der Waals surface area contributed by atoms with Crippen molar-refractivity contribution in [3.63, 3.8) is 0 Å². The Kier molecular flexibility index (Phi) is 5.81. The van der Waals surface area contributed by atoms with Crippen LogP contribution in [0.2, 0.25) is 5.02 Å². The van der Waals surface area contributed by atoms with Gasteiger partial charge in [0.1, 0.15) is 0 Å². The first-order valence-corrected chi connectivity index (χ1v) is 6.16. The van der Waals surface area contributed by atoms with Crippen LogP contribution in [-0.4, -0.2) is 12.6 Å². The molecule has 0 aliphatic rings. The van der Waals surface area contributed by atoms with Crippen LogP contribution in [0, 0.1) is 0 Å². The van der Waals surface area contributed by atoms with Crippen LogP contribution < -0.4 is 5.73 Å². The second-order valence-corrected chi connectivity index (χ2v) is 4.45. The molecular formula is C13H20ClNO. The summed E-state index contributed by atoms with van der Waals surface area (Å²) in [5.74, 6) is 0. The van der Waals surface area contributed by atoms with E-state index in [1.54, 1.807) is 0 Å². The molecule has 90 valence electrons. The van der Waals surface area contributed by atoms with Gasteiger partial charge in [-0.15, -0.1) is 0 Å². The quantitative estimate of drug-likeness (QED) is 0.827. The van der Waals surface area contributed by atoms with E-state index in [2.05, 4.69) is 13.8 Å². The summed E-state index contributed by atoms with van der Waals surface area (Å²) in [5.41, 5.74) is 6.78. The normalized spacial score (nSPS) is 14.8. The van der Waals surface area contributed by atoms with Crippen LogP contribution >= 0.6 is 11.6 Å². The van der Waals surface area contributed by atoms with E-state index in [9.17, 15) is 0 Å². The fraction of sp³-hybridized carbons (Fsp3) is 0.538. The number of halogens is 1. The summed E-state index contributed by atoms with van der Waals surface area (Å²) in [7, 11) is 0. The van der Waals surface area contributed by atoms with Crippen LogP contribution in [0.1, 0.15) is 38.4 Å². The summed E-state index contributed by atoms with van der Waals surface area (Å²) in [6.07, 6.45) is 2.35. The van der Waals surface area contributed by atoms with Crippen molar-refractivity contribution in [2.45, 2.75) is 38.9 Å². The van der Waals surface area contributed by atoms with Gasteiger partial charge in [0.25, 0.3) is 0 Å². The first kappa shape index (κ1) is 13.5. The van der Waals surface area contributed by atoms with Crippen molar-refractivity contribution in [1.29, 1.82) is 0 Å². The molecule has 0 aromatic heterocycles. The molecule has 0 fully saturated rings. The summed E-state index contributed by atoms with van der Waals surface area (Å²) in [6.45, 7) is 4.71. The summed E-state index contributed by atoms with van der Waals surface area (Å²) < 4.78 is 5.90. The summed E-state index contributed by atoms with van der Waals surface area (Å²) in [6, 6.07) is 7.70. The summed E-state index contributed by atoms with van der Waals surface area (Å²) in [4.78, 5) is 0. The maximum absolute atomic E-state index is 5.95. The number of ether oxygens (including phenoxy) is 1. The van der Waals surface area contributed by atoms with Gasteiger partial charge in [0, 0.05) is 11.6 Å². The number of hydrogen-bond donors (Lipinski definition) is 1. The van der Waals surface area contributed by atoms with Crippen LogP contribution in [-0.2, 0) is 4.74 Å². The monoisotopic (exact) mass is 241 g/mol. The van der Waals surface area contributed by atoms with Crippen molar-refractivity contribution in [1.82, 2.24) is 0 Å². The molecule has 2 nitrogen and oxygen atoms in total. The van der Waals surface area contributed by atoms with E-state index in [-0.39, 0.29) is 12.2 Å². The van der Waals surface area contributed by atoms with E-state index in [1.165, 1.54) is 0 Å². The van der Waals surface area contributed by atoms with E-state index < -0.39 is 0 Å². The van der Waals surface area contributed by atoms with Crippen molar-refractivity contribution in [3.05, 3.63) is 34.9 Å². The number of benzene rings is 1. The predicted molar refractivity (Wildman–Crippen MR) is 68.7 cm³/mol. The molecule has 0 aliphatic carbocycles. The molecule has 0 radical (unpaired) electrons. The van der Waals surface area contributed by atoms with E-state index in [1.807, 2.05) is 24.3 Å². The van der Waals surface area contributed by atoms with Crippen LogP contribution in [0.5, 0.6) is 0 Å². The Morgan fingerprint density at radius 1 is 1.44 bits per heavy atom. The van der Waals surface area contributed by atoms with Crippen LogP contribution in [0.4, 0.5) is 0 Å². The molecule has 1 aromatic rings. The molecule has 2 N–H and O–H groups in total. The summed E-state index contributed by atoms with van der Waals surface area (Å²) in [5, 5.41) is 0.725. The second kappa shape index (κ2) is 6.89. The lowest BCUT2D eigenvalue weighted by Crippen LogP contribution is -2.20. The Bertz CT molecular complexity index is 317. The van der Waals surface area contributed by atoms with Gasteiger partial charge >= 0.3 is 0 Å². The molecule has 16 heavy (non-hydrogen) atoms. The van der Waals surface area contributed by atoms with E-state index >= 15 is 0 Å². The topological polar surface area (TPSA) is 35.2 Å². The highest BCUT2D eigenvalue weighted by molar-refractivity contribution is 6.30. The molecule has 0 saturated heterocycles. The Morgan fingerprint density at radius 3 is 2.75 bits per heavy atom. The minimum absolute atomic E-state index is 0.0553. The number of rotatable bonds is 6. The van der Waals surface area contributed by atoms with Gasteiger partial charge in [-0.1, -0.05) is 37.1 Å². The van der Waals surface area contributed by atoms with E-state index in [0.717, 1.165) is 23.4 Å². The predicted octanol–water partition coefficient (Wildman–Crippen LogP) is 3.55. The first-order valence-electron chi connectivity index (χ1n) is 5.78. The fourth-order valence-electron chi connectivity index (χ4n) is 1.73. The average Bonchev–Trinajstić information content (AvgIpc) is 2.26. The van der Waals surface area contributed by atoms with Crippen molar-refractivity contribution < 1.29 is 4.74 Å². The molecule has 0 spiro atoms. The molecule has 0 bridgehead atoms. The maximum Gasteiger partial charge on any atom is 0.0951 e. The zero-order chi connectivity index (χ0) is 12.0. The highest BCUT2D eigenvalue weighted by Crippen LogP contribution is 2.22. The fourth-order valence-corrected chi connectivity index (χ4v) is 1.93. The van der Waals surface area contributed by atoms with Crippen molar-refractivity contribution in [2.24, 2.45) is 5.73 Å². The van der Waals surface area contributed by atoms with Gasteiger partial charge in [0.05, 0.1) is 12.2 Å². The minimum Gasteiger partial charge on any atom is -0.369 e. The smallest absolute Gasteiger partial charge is 0.0951 e. The molecule has 0 saturated carbocycles. The van der Waals surface area contributed by atoms with Crippen LogP contribution in [0.25, 0.3) is 0 Å². The lowest BCUT2D eigenvalue weighted by atomic mass is 10.1. The van der Waals surface area contributed by atoms with E-state index in [4.69, 9.17) is 22.1 Å². The Labute approximate surface area is 103 Å². The van der Waals surface area contributed by atoms with E-state index in [0.29, 0.717) is 6.54 Å². The van der Waals surface area contributed by atoms with Gasteiger partial charge in [0.2, 0.25) is 0 Å². The molecule has 0 aliphatic heterocycles. The Morgan fingerprint density at radius 2 is 2.19 bits per heavy atom. The molecule has 0 heterocycles. The second-order valence-electron chi connectivity index (χ2n) is 4.01. The largest absolute Gasteiger partial charge is 0.369 e. The molecule has 1 aromatic carbocycles. The third-order valence-corrected chi connectivity index (χ3v) is 2.76. The van der Waals surface area contributed by atoms with Gasteiger partial charge in [-0.2, -0.15) is 0 Å². The van der Waals surface area contributed by atoms with Crippen molar-refractivity contribution >= 4 is 11.6 Å². The molecule has 2 atom stereocenters. The number of nitrogens with two attached hydrogens (primary N) is 1. The van der Waals surface area contributed by atoms with Gasteiger partial charge in [-0.25, -0.2) is 0 Å². The van der Waals surface area contributed by atoms with Crippen LogP contribution in [0.3, 0.4) is 0 Å². The summed E-state index contributed by atoms with van der Waals surface area (Å²) >= 11 is 5.95. The zero-order valence-electron chi connectivity index (χ0n) is 9.95. The van der Waals surface area contributed by atoms with Crippen molar-refractivity contribution in [3.8, 4) is 0 Å². The van der Waals surface area contributed by atoms with Gasteiger partial charge in [0.15, 0.2) is 0 Å². The standard InChI is InChI=1S/C13H20ClNO/c1-3-5-10(2)16-13(9-15)11-6-4-7-12(14)8-11/h4,6-8,10,13H,3,5,9,15H2,1-2H3. The lowest BCUT2D eigenvalue weighted by Gasteiger charge is -2.21. The molecule has 0 amide bonds. The van der Waals surface area contributed by atoms with Crippen molar-refractivity contribution in [2.75, 3.05) is 6.54 Å². The molecule has 3 heteroatoms. The minimum atomic E-state index is -0.0553. The molecule has 1 rings (SSSR count). The average molecular weight is 242 g/mol. The van der Waals surface area contributed by atoms with Gasteiger partial charge in [-0.05, 0) is 31.0 Å². The van der Waals surface area contributed by atoms with Crippen LogP contribution in [0.15, 0.2) is 24.3 Å².